The third-order valence-corrected chi connectivity index (χ3v) is 8.03. The van der Waals surface area contributed by atoms with Crippen molar-refractivity contribution in [3.05, 3.63) is 81.3 Å². The molecule has 0 radical (unpaired) electrons. The maximum absolute atomic E-state index is 13.5. The van der Waals surface area contributed by atoms with Crippen LogP contribution in [0.2, 0.25) is 5.02 Å². The lowest BCUT2D eigenvalue weighted by Gasteiger charge is -2.24. The highest BCUT2D eigenvalue weighted by Crippen LogP contribution is 2.40. The summed E-state index contributed by atoms with van der Waals surface area (Å²) in [6.45, 7) is 0.764. The van der Waals surface area contributed by atoms with Gasteiger partial charge in [0.1, 0.15) is 22.9 Å². The monoisotopic (exact) mass is 599 g/mol. The van der Waals surface area contributed by atoms with Crippen LogP contribution in [0, 0.1) is 5.82 Å². The van der Waals surface area contributed by atoms with Gasteiger partial charge in [-0.1, -0.05) is 28.9 Å². The first-order valence-corrected chi connectivity index (χ1v) is 13.6. The largest absolute Gasteiger partial charge is 0.383 e. The van der Waals surface area contributed by atoms with Gasteiger partial charge in [-0.25, -0.2) is 18.7 Å². The summed E-state index contributed by atoms with van der Waals surface area (Å²) in [5, 5.41) is 25.0. The molecule has 3 heterocycles. The summed E-state index contributed by atoms with van der Waals surface area (Å²) in [6.07, 6.45) is 4.91. The first kappa shape index (κ1) is 25.1. The van der Waals surface area contributed by atoms with E-state index in [0.717, 1.165) is 18.7 Å². The van der Waals surface area contributed by atoms with Gasteiger partial charge in [-0.3, -0.25) is 4.79 Å². The molecule has 6 rings (SSSR count). The minimum absolute atomic E-state index is 0.129. The Hall–Kier alpha value is -3.15. The van der Waals surface area contributed by atoms with E-state index in [1.54, 1.807) is 27.9 Å². The van der Waals surface area contributed by atoms with Gasteiger partial charge in [-0.15, -0.1) is 10.2 Å². The number of rotatable bonds is 5. The van der Waals surface area contributed by atoms with Crippen molar-refractivity contribution in [1.82, 2.24) is 34.7 Å². The van der Waals surface area contributed by atoms with Gasteiger partial charge in [0.05, 0.1) is 22.6 Å². The van der Waals surface area contributed by atoms with E-state index < -0.39 is 5.60 Å². The van der Waals surface area contributed by atoms with E-state index in [1.807, 2.05) is 18.2 Å². The molecule has 2 aromatic heterocycles. The molecule has 2 aliphatic rings. The van der Waals surface area contributed by atoms with Gasteiger partial charge in [-0.05, 0) is 78.4 Å². The van der Waals surface area contributed by atoms with Gasteiger partial charge in [0.2, 0.25) is 5.82 Å². The normalized spacial score (nSPS) is 19.9. The molecule has 1 N–H and O–H groups in total. The summed E-state index contributed by atoms with van der Waals surface area (Å²) in [6, 6.07) is 11.6. The molecule has 2 aromatic carbocycles. The Morgan fingerprint density at radius 3 is 2.71 bits per heavy atom. The second kappa shape index (κ2) is 9.87. The van der Waals surface area contributed by atoms with E-state index in [9.17, 15) is 14.3 Å². The van der Waals surface area contributed by atoms with Crippen molar-refractivity contribution in [1.29, 1.82) is 0 Å². The number of hydrogen-bond acceptors (Lipinski definition) is 6. The topological polar surface area (TPSA) is 102 Å². The number of carbonyl (C=O) groups is 1. The van der Waals surface area contributed by atoms with Crippen molar-refractivity contribution >= 4 is 33.4 Å². The summed E-state index contributed by atoms with van der Waals surface area (Å²) in [5.74, 6) is 0.489. The van der Waals surface area contributed by atoms with Crippen molar-refractivity contribution in [2.75, 3.05) is 13.1 Å². The number of nitrogens with zero attached hydrogens (tertiary/aromatic N) is 7. The average molecular weight is 601 g/mol. The number of hydrogen-bond donors (Lipinski definition) is 1. The molecule has 1 aliphatic heterocycles. The molecule has 1 unspecified atom stereocenters. The predicted octanol–water partition coefficient (Wildman–Crippen LogP) is 4.79. The lowest BCUT2D eigenvalue weighted by atomic mass is 9.92. The maximum Gasteiger partial charge on any atom is 0.293 e. The Morgan fingerprint density at radius 1 is 1.13 bits per heavy atom. The molecule has 12 heteroatoms. The highest BCUT2D eigenvalue weighted by molar-refractivity contribution is 9.10. The van der Waals surface area contributed by atoms with Crippen LogP contribution in [0.5, 0.6) is 0 Å². The van der Waals surface area contributed by atoms with Crippen LogP contribution in [0.3, 0.4) is 0 Å². The second-order valence-corrected chi connectivity index (χ2v) is 11.0. The SMILES string of the molecule is O=C(c1nc(C2CC2)n(-c2ccccc2Cl)n1)N1CCCC(O)(c2cn(-c3ccc(F)cc3Br)nn2)CC1. The fourth-order valence-electron chi connectivity index (χ4n) is 4.80. The van der Waals surface area contributed by atoms with Crippen LogP contribution in [-0.4, -0.2) is 58.8 Å². The molecular formula is C26H24BrClFN7O2. The number of amides is 1. The Labute approximate surface area is 231 Å². The molecular weight excluding hydrogens is 577 g/mol. The van der Waals surface area contributed by atoms with E-state index in [-0.39, 0.29) is 29.9 Å². The molecule has 196 valence electrons. The zero-order chi connectivity index (χ0) is 26.4. The molecule has 0 spiro atoms. The molecule has 1 atom stereocenters. The molecule has 1 saturated carbocycles. The first-order valence-electron chi connectivity index (χ1n) is 12.4. The molecule has 1 saturated heterocycles. The zero-order valence-corrected chi connectivity index (χ0v) is 22.6. The minimum atomic E-state index is -1.26. The maximum atomic E-state index is 13.5. The number of carbonyl (C=O) groups excluding carboxylic acids is 1. The van der Waals surface area contributed by atoms with Crippen LogP contribution < -0.4 is 0 Å². The number of halogens is 3. The number of aliphatic hydroxyl groups is 1. The van der Waals surface area contributed by atoms with E-state index in [0.29, 0.717) is 52.5 Å². The van der Waals surface area contributed by atoms with Crippen LogP contribution in [0.25, 0.3) is 11.4 Å². The van der Waals surface area contributed by atoms with E-state index >= 15 is 0 Å². The molecule has 2 fully saturated rings. The van der Waals surface area contributed by atoms with E-state index in [1.165, 1.54) is 16.8 Å². The summed E-state index contributed by atoms with van der Waals surface area (Å²) in [7, 11) is 0. The minimum Gasteiger partial charge on any atom is -0.383 e. The van der Waals surface area contributed by atoms with Gasteiger partial charge < -0.3 is 10.0 Å². The van der Waals surface area contributed by atoms with Crippen LogP contribution in [-0.2, 0) is 5.60 Å². The standard InChI is InChI=1S/C26H24BrClFN7O2/c27-18-14-17(29)8-9-20(18)35-15-22(31-33-35)26(38)10-3-12-34(13-11-26)25(37)23-30-24(16-6-7-16)36(32-23)21-5-2-1-4-19(21)28/h1-2,4-5,8-9,14-16,38H,3,6-7,10-13H2. The third-order valence-electron chi connectivity index (χ3n) is 7.07. The second-order valence-electron chi connectivity index (χ2n) is 9.75. The van der Waals surface area contributed by atoms with Crippen LogP contribution >= 0.6 is 27.5 Å². The lowest BCUT2D eigenvalue weighted by molar-refractivity contribution is 0.0169. The zero-order valence-electron chi connectivity index (χ0n) is 20.3. The number of para-hydroxylation sites is 1. The quantitative estimate of drug-likeness (QED) is 0.353. The van der Waals surface area contributed by atoms with Crippen LogP contribution in [0.1, 0.15) is 60.2 Å². The molecule has 9 nitrogen and oxygen atoms in total. The Morgan fingerprint density at radius 2 is 1.95 bits per heavy atom. The summed E-state index contributed by atoms with van der Waals surface area (Å²) >= 11 is 9.76. The smallest absolute Gasteiger partial charge is 0.293 e. The molecule has 1 aliphatic carbocycles. The highest BCUT2D eigenvalue weighted by atomic mass is 79.9. The fraction of sp³-hybridized carbons (Fsp3) is 0.346. The van der Waals surface area contributed by atoms with Crippen molar-refractivity contribution in [3.8, 4) is 11.4 Å². The summed E-state index contributed by atoms with van der Waals surface area (Å²) in [5.41, 5.74) is 0.443. The van der Waals surface area contributed by atoms with E-state index in [4.69, 9.17) is 11.6 Å². The highest BCUT2D eigenvalue weighted by Gasteiger charge is 2.38. The van der Waals surface area contributed by atoms with Gasteiger partial charge in [0.25, 0.3) is 5.91 Å². The van der Waals surface area contributed by atoms with Crippen molar-refractivity contribution in [2.24, 2.45) is 0 Å². The first-order chi connectivity index (χ1) is 18.3. The van der Waals surface area contributed by atoms with Gasteiger partial charge in [0, 0.05) is 23.5 Å². The Kier molecular flexibility index (Phi) is 6.53. The van der Waals surface area contributed by atoms with E-state index in [2.05, 4.69) is 36.3 Å². The van der Waals surface area contributed by atoms with Gasteiger partial charge in [0.15, 0.2) is 0 Å². The fourth-order valence-corrected chi connectivity index (χ4v) is 5.55. The predicted molar refractivity (Wildman–Crippen MR) is 141 cm³/mol. The Bertz CT molecular complexity index is 1520. The average Bonchev–Trinajstić information content (AvgIpc) is 3.51. The lowest BCUT2D eigenvalue weighted by Crippen LogP contribution is -2.34. The van der Waals surface area contributed by atoms with Crippen molar-refractivity contribution < 1.29 is 14.3 Å². The van der Waals surface area contributed by atoms with Crippen LogP contribution in [0.15, 0.2) is 53.1 Å². The van der Waals surface area contributed by atoms with Gasteiger partial charge >= 0.3 is 0 Å². The number of likely N-dealkylation sites (tertiary alicyclic amines) is 1. The van der Waals surface area contributed by atoms with Crippen molar-refractivity contribution in [2.45, 2.75) is 43.6 Å². The van der Waals surface area contributed by atoms with Crippen molar-refractivity contribution in [3.63, 3.8) is 0 Å². The molecule has 38 heavy (non-hydrogen) atoms. The summed E-state index contributed by atoms with van der Waals surface area (Å²) < 4.78 is 17.2. The molecule has 1 amide bonds. The molecule has 0 bridgehead atoms. The number of aromatic nitrogens is 6. The molecule has 4 aromatic rings. The Balaban J connectivity index is 1.21. The summed E-state index contributed by atoms with van der Waals surface area (Å²) in [4.78, 5) is 19.8. The van der Waals surface area contributed by atoms with Gasteiger partial charge in [-0.2, -0.15) is 0 Å². The number of benzene rings is 2. The van der Waals surface area contributed by atoms with Crippen LogP contribution in [0.4, 0.5) is 4.39 Å². The third kappa shape index (κ3) is 4.74.